The van der Waals surface area contributed by atoms with E-state index < -0.39 is 0 Å². The molecule has 46 heavy (non-hydrogen) atoms. The van der Waals surface area contributed by atoms with Crippen molar-refractivity contribution >= 4 is 61.0 Å². The van der Waals surface area contributed by atoms with Gasteiger partial charge in [0.25, 0.3) is 5.91 Å². The molecule has 0 fully saturated rings. The summed E-state index contributed by atoms with van der Waals surface area (Å²) in [5.74, 6) is 0.810. The summed E-state index contributed by atoms with van der Waals surface area (Å²) in [5.41, 5.74) is 4.85. The highest BCUT2D eigenvalue weighted by atomic mass is 16.2. The summed E-state index contributed by atoms with van der Waals surface area (Å²) in [4.78, 5) is 20.8. The molecule has 0 unspecified atom stereocenters. The number of nitrogens with one attached hydrogen (secondary N) is 2. The SMILES string of the molecule is CCN(CC)CCn1c(NCc2c3ccccc3cc3ccccc23)[n+](CC(=O)Nc2cccc3cccnc23)c2ccccc21. The van der Waals surface area contributed by atoms with Crippen molar-refractivity contribution < 1.29 is 9.36 Å². The van der Waals surface area contributed by atoms with Gasteiger partial charge in [-0.25, -0.2) is 9.13 Å². The monoisotopic (exact) mass is 607 g/mol. The van der Waals surface area contributed by atoms with Crippen molar-refractivity contribution in [3.05, 3.63) is 121 Å². The van der Waals surface area contributed by atoms with Crippen LogP contribution < -0.4 is 15.2 Å². The van der Waals surface area contributed by atoms with Crippen LogP contribution in [0, 0.1) is 0 Å². The summed E-state index contributed by atoms with van der Waals surface area (Å²) in [6.45, 7) is 8.85. The highest BCUT2D eigenvalue weighted by Gasteiger charge is 2.26. The highest BCUT2D eigenvalue weighted by Crippen LogP contribution is 2.30. The third-order valence-corrected chi connectivity index (χ3v) is 9.02. The molecule has 0 saturated heterocycles. The van der Waals surface area contributed by atoms with Crippen molar-refractivity contribution in [1.82, 2.24) is 14.5 Å². The van der Waals surface area contributed by atoms with E-state index in [1.807, 2.05) is 36.4 Å². The van der Waals surface area contributed by atoms with Crippen molar-refractivity contribution in [3.8, 4) is 0 Å². The third-order valence-electron chi connectivity index (χ3n) is 9.02. The largest absolute Gasteiger partial charge is 0.359 e. The van der Waals surface area contributed by atoms with E-state index >= 15 is 0 Å². The lowest BCUT2D eigenvalue weighted by molar-refractivity contribution is -0.644. The van der Waals surface area contributed by atoms with Gasteiger partial charge in [0.05, 0.1) is 24.3 Å². The van der Waals surface area contributed by atoms with E-state index in [4.69, 9.17) is 0 Å². The molecule has 7 aromatic rings. The summed E-state index contributed by atoms with van der Waals surface area (Å²) in [6, 6.07) is 37.6. The molecule has 0 aliphatic heterocycles. The van der Waals surface area contributed by atoms with Crippen LogP contribution >= 0.6 is 0 Å². The maximum atomic E-state index is 13.8. The number of carbonyl (C=O) groups is 1. The summed E-state index contributed by atoms with van der Waals surface area (Å²) in [7, 11) is 0. The summed E-state index contributed by atoms with van der Waals surface area (Å²) >= 11 is 0. The van der Waals surface area contributed by atoms with Crippen LogP contribution in [0.5, 0.6) is 0 Å². The number of likely N-dealkylation sites (N-methyl/N-ethyl adjacent to an activating group) is 1. The van der Waals surface area contributed by atoms with E-state index in [-0.39, 0.29) is 12.5 Å². The second-order valence-electron chi connectivity index (χ2n) is 11.7. The van der Waals surface area contributed by atoms with Crippen LogP contribution in [0.3, 0.4) is 0 Å². The molecule has 2 aromatic heterocycles. The van der Waals surface area contributed by atoms with Crippen LogP contribution in [0.25, 0.3) is 43.5 Å². The smallest absolute Gasteiger partial charge is 0.321 e. The van der Waals surface area contributed by atoms with Crippen LogP contribution in [-0.2, 0) is 24.4 Å². The predicted octanol–water partition coefficient (Wildman–Crippen LogP) is 7.38. The molecule has 7 nitrogen and oxygen atoms in total. The molecule has 0 spiro atoms. The van der Waals surface area contributed by atoms with E-state index in [0.717, 1.165) is 54.1 Å². The lowest BCUT2D eigenvalue weighted by atomic mass is 9.97. The standard InChI is InChI=1S/C39H38N6O/c1-3-43(4-2)23-24-44-35-20-9-10-21-36(35)45(27-37(46)42-34-19-11-15-28-16-12-22-40-38(28)34)39(44)41-26-33-31-17-7-5-13-29(31)25-30-14-6-8-18-32(30)33/h5-22,25H,3-4,23-24,26-27H2,1-2H3,(H,42,46)/p+1. The molecule has 1 amide bonds. The molecule has 0 saturated carbocycles. The number of pyridine rings is 1. The zero-order valence-corrected chi connectivity index (χ0v) is 26.4. The van der Waals surface area contributed by atoms with Gasteiger partial charge in [-0.3, -0.25) is 15.1 Å². The van der Waals surface area contributed by atoms with Gasteiger partial charge in [0.2, 0.25) is 0 Å². The second-order valence-corrected chi connectivity index (χ2v) is 11.7. The molecule has 2 N–H and O–H groups in total. The Hall–Kier alpha value is -5.27. The third kappa shape index (κ3) is 5.66. The quantitative estimate of drug-likeness (QED) is 0.119. The number of carbonyl (C=O) groups excluding carboxylic acids is 1. The Bertz CT molecular complexity index is 2120. The topological polar surface area (TPSA) is 66.1 Å². The molecule has 5 aromatic carbocycles. The van der Waals surface area contributed by atoms with E-state index in [9.17, 15) is 4.79 Å². The average molecular weight is 608 g/mol. The minimum absolute atomic E-state index is 0.103. The van der Waals surface area contributed by atoms with Crippen LogP contribution in [0.1, 0.15) is 19.4 Å². The van der Waals surface area contributed by atoms with Crippen LogP contribution in [-0.4, -0.2) is 40.0 Å². The zero-order chi connectivity index (χ0) is 31.5. The number of nitrogens with zero attached hydrogens (tertiary/aromatic N) is 4. The normalized spacial score (nSPS) is 11.6. The number of anilines is 2. The highest BCUT2D eigenvalue weighted by molar-refractivity contribution is 6.02. The molecule has 7 heteroatoms. The van der Waals surface area contributed by atoms with Gasteiger partial charge in [-0.05, 0) is 65.0 Å². The maximum Gasteiger partial charge on any atom is 0.359 e. The van der Waals surface area contributed by atoms with E-state index in [2.05, 4.69) is 116 Å². The van der Waals surface area contributed by atoms with Gasteiger partial charge < -0.3 is 10.2 Å². The lowest BCUT2D eigenvalue weighted by Crippen LogP contribution is -2.42. The fourth-order valence-electron chi connectivity index (χ4n) is 6.66. The second kappa shape index (κ2) is 13.0. The van der Waals surface area contributed by atoms with Crippen molar-refractivity contribution in [3.63, 3.8) is 0 Å². The number of imidazole rings is 1. The Morgan fingerprint density at radius 1 is 0.804 bits per heavy atom. The predicted molar refractivity (Wildman–Crippen MR) is 189 cm³/mol. The summed E-state index contributed by atoms with van der Waals surface area (Å²) < 4.78 is 4.46. The molecular formula is C39H39N6O+. The number of hydrogen-bond acceptors (Lipinski definition) is 4. The maximum absolute atomic E-state index is 13.8. The Kier molecular flexibility index (Phi) is 8.31. The minimum Gasteiger partial charge on any atom is -0.321 e. The number of fused-ring (bicyclic) bond motifs is 4. The van der Waals surface area contributed by atoms with Crippen LogP contribution in [0.15, 0.2) is 115 Å². The molecule has 7 rings (SSSR count). The molecule has 0 aliphatic rings. The van der Waals surface area contributed by atoms with Crippen LogP contribution in [0.4, 0.5) is 11.6 Å². The fourth-order valence-corrected chi connectivity index (χ4v) is 6.66. The molecule has 230 valence electrons. The van der Waals surface area contributed by atoms with Crippen molar-refractivity contribution in [2.45, 2.75) is 33.5 Å². The first-order valence-electron chi connectivity index (χ1n) is 16.1. The molecule has 0 radical (unpaired) electrons. The number of rotatable bonds is 11. The average Bonchev–Trinajstić information content (AvgIpc) is 3.38. The first kappa shape index (κ1) is 29.4. The number of benzene rings is 5. The van der Waals surface area contributed by atoms with Gasteiger partial charge in [0, 0.05) is 23.7 Å². The number of aromatic nitrogens is 3. The summed E-state index contributed by atoms with van der Waals surface area (Å²) in [5, 5.41) is 12.9. The fraction of sp³-hybridized carbons (Fsp3) is 0.205. The van der Waals surface area contributed by atoms with Gasteiger partial charge >= 0.3 is 5.95 Å². The minimum atomic E-state index is -0.103. The van der Waals surface area contributed by atoms with Crippen molar-refractivity contribution in [1.29, 1.82) is 0 Å². The molecular weight excluding hydrogens is 568 g/mol. The lowest BCUT2D eigenvalue weighted by Gasteiger charge is -2.18. The van der Waals surface area contributed by atoms with Crippen molar-refractivity contribution in [2.24, 2.45) is 0 Å². The molecule has 0 aliphatic carbocycles. The Morgan fingerprint density at radius 3 is 2.24 bits per heavy atom. The Morgan fingerprint density at radius 2 is 1.48 bits per heavy atom. The zero-order valence-electron chi connectivity index (χ0n) is 26.4. The van der Waals surface area contributed by atoms with Gasteiger partial charge in [0.1, 0.15) is 11.0 Å². The Labute approximate surface area is 269 Å². The van der Waals surface area contributed by atoms with Crippen LogP contribution in [0.2, 0.25) is 0 Å². The number of amides is 1. The van der Waals surface area contributed by atoms with Gasteiger partial charge in [-0.15, -0.1) is 0 Å². The van der Waals surface area contributed by atoms with E-state index in [1.165, 1.54) is 27.1 Å². The van der Waals surface area contributed by atoms with Crippen molar-refractivity contribution in [2.75, 3.05) is 30.3 Å². The van der Waals surface area contributed by atoms with Gasteiger partial charge in [-0.1, -0.05) is 92.7 Å². The van der Waals surface area contributed by atoms with Gasteiger partial charge in [0.15, 0.2) is 6.54 Å². The number of hydrogen-bond donors (Lipinski definition) is 2. The molecule has 2 heterocycles. The van der Waals surface area contributed by atoms with Gasteiger partial charge in [-0.2, -0.15) is 0 Å². The number of para-hydroxylation sites is 3. The first-order valence-corrected chi connectivity index (χ1v) is 16.1. The molecule has 0 bridgehead atoms. The van der Waals surface area contributed by atoms with E-state index in [0.29, 0.717) is 12.2 Å². The summed E-state index contributed by atoms with van der Waals surface area (Å²) in [6.07, 6.45) is 1.76. The molecule has 0 atom stereocenters. The van der Waals surface area contributed by atoms with E-state index in [1.54, 1.807) is 6.20 Å². The first-order chi connectivity index (χ1) is 22.6. The Balaban J connectivity index is 1.30.